The van der Waals surface area contributed by atoms with Crippen molar-refractivity contribution in [1.82, 2.24) is 10.2 Å². The van der Waals surface area contributed by atoms with Crippen LogP contribution in [0.4, 0.5) is 10.5 Å². The molecule has 3 fully saturated rings. The Bertz CT molecular complexity index is 660. The number of hydrogen-bond donors (Lipinski definition) is 2. The van der Waals surface area contributed by atoms with Gasteiger partial charge in [-0.2, -0.15) is 0 Å². The number of carbonyl (C=O) groups is 1. The highest BCUT2D eigenvalue weighted by atomic mass is 16.6. The Kier molecular flexibility index (Phi) is 5.11. The van der Waals surface area contributed by atoms with Crippen molar-refractivity contribution in [3.63, 3.8) is 0 Å². The number of piperidine rings is 1. The van der Waals surface area contributed by atoms with Crippen LogP contribution in [-0.4, -0.2) is 48.9 Å². The van der Waals surface area contributed by atoms with Gasteiger partial charge in [-0.25, -0.2) is 4.79 Å². The van der Waals surface area contributed by atoms with Crippen molar-refractivity contribution in [2.45, 2.75) is 56.7 Å². The fraction of sp³-hybridized carbons (Fsp3) is 0.600. The molecule has 140 valence electrons. The number of benzene rings is 1. The topological polar surface area (TPSA) is 66.0 Å². The van der Waals surface area contributed by atoms with Crippen molar-refractivity contribution >= 4 is 17.9 Å². The lowest BCUT2D eigenvalue weighted by atomic mass is 9.98. The number of rotatable bonds is 6. The van der Waals surface area contributed by atoms with Crippen LogP contribution in [0.5, 0.6) is 0 Å². The fourth-order valence-corrected chi connectivity index (χ4v) is 4.12. The number of fused-ring (bicyclic) bond motifs is 2. The van der Waals surface area contributed by atoms with Crippen LogP contribution >= 0.6 is 0 Å². The Balaban J connectivity index is 1.31. The summed E-state index contributed by atoms with van der Waals surface area (Å²) in [4.78, 5) is 20.3. The maximum Gasteiger partial charge on any atom is 0.319 e. The molecule has 2 N–H and O–H groups in total. The summed E-state index contributed by atoms with van der Waals surface area (Å²) in [5.74, 6) is 0.677. The molecule has 26 heavy (non-hydrogen) atoms. The van der Waals surface area contributed by atoms with E-state index in [4.69, 9.17) is 4.84 Å². The molecule has 6 nitrogen and oxygen atoms in total. The molecule has 0 unspecified atom stereocenters. The van der Waals surface area contributed by atoms with Gasteiger partial charge in [0.15, 0.2) is 0 Å². The second-order valence-electron chi connectivity index (χ2n) is 7.88. The molecular weight excluding hydrogens is 328 g/mol. The summed E-state index contributed by atoms with van der Waals surface area (Å²) in [5, 5.41) is 10.2. The van der Waals surface area contributed by atoms with Gasteiger partial charge in [-0.05, 0) is 57.6 Å². The first-order chi connectivity index (χ1) is 12.7. The van der Waals surface area contributed by atoms with Gasteiger partial charge >= 0.3 is 6.03 Å². The van der Waals surface area contributed by atoms with Crippen molar-refractivity contribution in [3.8, 4) is 0 Å². The van der Waals surface area contributed by atoms with E-state index in [0.29, 0.717) is 24.6 Å². The maximum absolute atomic E-state index is 12.5. The van der Waals surface area contributed by atoms with E-state index in [-0.39, 0.29) is 12.1 Å². The van der Waals surface area contributed by atoms with E-state index in [2.05, 4.69) is 27.7 Å². The molecule has 0 aromatic heterocycles. The minimum atomic E-state index is -0.140. The van der Waals surface area contributed by atoms with Crippen molar-refractivity contribution in [3.05, 3.63) is 29.8 Å². The predicted molar refractivity (Wildman–Crippen MR) is 102 cm³/mol. The number of amides is 2. The average molecular weight is 356 g/mol. The van der Waals surface area contributed by atoms with Crippen LogP contribution in [0.2, 0.25) is 0 Å². The van der Waals surface area contributed by atoms with Gasteiger partial charge in [-0.1, -0.05) is 23.4 Å². The molecule has 6 heteroatoms. The van der Waals surface area contributed by atoms with Crippen LogP contribution in [-0.2, 0) is 4.84 Å². The number of urea groups is 1. The normalized spacial score (nSPS) is 28.3. The van der Waals surface area contributed by atoms with Crippen LogP contribution in [0.15, 0.2) is 29.4 Å². The summed E-state index contributed by atoms with van der Waals surface area (Å²) in [6.07, 6.45) is 8.74. The fourth-order valence-electron chi connectivity index (χ4n) is 4.12. The molecule has 2 amide bonds. The van der Waals surface area contributed by atoms with E-state index in [1.165, 1.54) is 25.7 Å². The second-order valence-corrected chi connectivity index (χ2v) is 7.88. The Morgan fingerprint density at radius 3 is 2.69 bits per heavy atom. The SMILES string of the molecule is CN1[C@@H]2CC[C@H]1C[C@@H](NC(=O)Nc1ccccc1/C=N/OCC1CC1)C2. The van der Waals surface area contributed by atoms with E-state index < -0.39 is 0 Å². The van der Waals surface area contributed by atoms with Crippen LogP contribution in [0.3, 0.4) is 0 Å². The number of nitrogens with zero attached hydrogens (tertiary/aromatic N) is 2. The van der Waals surface area contributed by atoms with E-state index >= 15 is 0 Å². The summed E-state index contributed by atoms with van der Waals surface area (Å²) in [6.45, 7) is 0.686. The first-order valence-electron chi connectivity index (χ1n) is 9.73. The number of hydrogen-bond acceptors (Lipinski definition) is 4. The number of carbonyl (C=O) groups excluding carboxylic acids is 1. The third kappa shape index (κ3) is 4.18. The van der Waals surface area contributed by atoms with Crippen molar-refractivity contribution in [2.75, 3.05) is 19.0 Å². The Hall–Kier alpha value is -2.08. The number of nitrogens with one attached hydrogen (secondary N) is 2. The highest BCUT2D eigenvalue weighted by Crippen LogP contribution is 2.34. The third-order valence-corrected chi connectivity index (χ3v) is 5.92. The first kappa shape index (κ1) is 17.3. The number of anilines is 1. The zero-order valence-corrected chi connectivity index (χ0v) is 15.4. The molecule has 2 aliphatic heterocycles. The second kappa shape index (κ2) is 7.66. The van der Waals surface area contributed by atoms with Gasteiger partial charge in [-0.15, -0.1) is 0 Å². The van der Waals surface area contributed by atoms with Gasteiger partial charge in [0, 0.05) is 23.7 Å². The molecule has 1 aliphatic carbocycles. The molecule has 2 bridgehead atoms. The molecule has 2 heterocycles. The minimum absolute atomic E-state index is 0.140. The van der Waals surface area contributed by atoms with Gasteiger partial charge in [0.1, 0.15) is 6.61 Å². The Morgan fingerprint density at radius 2 is 1.96 bits per heavy atom. The van der Waals surface area contributed by atoms with Crippen molar-refractivity contribution in [2.24, 2.45) is 11.1 Å². The van der Waals surface area contributed by atoms with E-state index in [0.717, 1.165) is 24.1 Å². The van der Waals surface area contributed by atoms with Gasteiger partial charge in [0.25, 0.3) is 0 Å². The minimum Gasteiger partial charge on any atom is -0.396 e. The molecule has 0 spiro atoms. The third-order valence-electron chi connectivity index (χ3n) is 5.92. The number of para-hydroxylation sites is 1. The van der Waals surface area contributed by atoms with Gasteiger partial charge < -0.3 is 20.4 Å². The summed E-state index contributed by atoms with van der Waals surface area (Å²) < 4.78 is 0. The highest BCUT2D eigenvalue weighted by Gasteiger charge is 2.38. The maximum atomic E-state index is 12.5. The van der Waals surface area contributed by atoms with Gasteiger partial charge in [0.2, 0.25) is 0 Å². The highest BCUT2D eigenvalue weighted by molar-refractivity contribution is 5.96. The Morgan fingerprint density at radius 1 is 1.23 bits per heavy atom. The smallest absolute Gasteiger partial charge is 0.319 e. The van der Waals surface area contributed by atoms with Gasteiger partial charge in [-0.3, -0.25) is 0 Å². The largest absolute Gasteiger partial charge is 0.396 e. The molecule has 3 atom stereocenters. The lowest BCUT2D eigenvalue weighted by Crippen LogP contribution is -2.49. The summed E-state index contributed by atoms with van der Waals surface area (Å²) in [5.41, 5.74) is 1.60. The van der Waals surface area contributed by atoms with Crippen LogP contribution in [0, 0.1) is 5.92 Å². The zero-order valence-electron chi connectivity index (χ0n) is 15.4. The van der Waals surface area contributed by atoms with Crippen LogP contribution < -0.4 is 10.6 Å². The quantitative estimate of drug-likeness (QED) is 0.608. The van der Waals surface area contributed by atoms with Crippen molar-refractivity contribution < 1.29 is 9.63 Å². The molecule has 3 aliphatic rings. The molecule has 1 aromatic rings. The van der Waals surface area contributed by atoms with Crippen LogP contribution in [0.1, 0.15) is 44.1 Å². The predicted octanol–water partition coefficient (Wildman–Crippen LogP) is 3.19. The van der Waals surface area contributed by atoms with E-state index in [1.807, 2.05) is 24.3 Å². The molecular formula is C20H28N4O2. The molecule has 1 saturated carbocycles. The summed E-state index contributed by atoms with van der Waals surface area (Å²) >= 11 is 0. The molecule has 4 rings (SSSR count). The summed E-state index contributed by atoms with van der Waals surface area (Å²) in [6, 6.07) is 9.00. The zero-order chi connectivity index (χ0) is 17.9. The lowest BCUT2D eigenvalue weighted by molar-refractivity contribution is 0.135. The number of oxime groups is 1. The molecule has 0 radical (unpaired) electrons. The lowest BCUT2D eigenvalue weighted by Gasteiger charge is -2.36. The van der Waals surface area contributed by atoms with Crippen LogP contribution in [0.25, 0.3) is 0 Å². The molecule has 1 aromatic carbocycles. The van der Waals surface area contributed by atoms with E-state index in [9.17, 15) is 4.79 Å². The Labute approximate surface area is 155 Å². The molecule has 2 saturated heterocycles. The van der Waals surface area contributed by atoms with Crippen molar-refractivity contribution in [1.29, 1.82) is 0 Å². The van der Waals surface area contributed by atoms with Gasteiger partial charge in [0.05, 0.1) is 11.9 Å². The standard InChI is InChI=1S/C20H28N4O2/c1-24-17-8-9-18(24)11-16(10-17)22-20(25)23-19-5-3-2-4-15(19)12-21-26-13-14-6-7-14/h2-5,12,14,16-18H,6-11,13H2,1H3,(H2,22,23,25)/b21-12+/t16-,17+,18-. The monoisotopic (exact) mass is 356 g/mol. The average Bonchev–Trinajstić information content (AvgIpc) is 3.42. The van der Waals surface area contributed by atoms with E-state index in [1.54, 1.807) is 6.21 Å². The summed E-state index contributed by atoms with van der Waals surface area (Å²) in [7, 11) is 2.21. The first-order valence-corrected chi connectivity index (χ1v) is 9.73.